The second-order valence-corrected chi connectivity index (χ2v) is 1.22. The molecule has 0 aliphatic heterocycles. The van der Waals surface area contributed by atoms with Crippen molar-refractivity contribution in [1.82, 2.24) is 0 Å². The molecule has 0 fully saturated rings. The Hall–Kier alpha value is 2.98. The molecule has 0 amide bonds. The van der Waals surface area contributed by atoms with Gasteiger partial charge in [-0.3, -0.25) is 8.42 Å². The van der Waals surface area contributed by atoms with E-state index >= 15 is 0 Å². The van der Waals surface area contributed by atoms with Gasteiger partial charge in [0.25, 0.3) is 0 Å². The van der Waals surface area contributed by atoms with E-state index in [-0.39, 0.29) is 87.1 Å². The molecule has 57 valence electrons. The van der Waals surface area contributed by atoms with Gasteiger partial charge in [0.15, 0.2) is 0 Å². The molecule has 0 aliphatic carbocycles. The summed E-state index contributed by atoms with van der Waals surface area (Å²) < 4.78 is 50.7. The number of rotatable bonds is 0. The normalized spacial score (nSPS) is 7.00. The molecule has 0 aromatic rings. The Labute approximate surface area is 133 Å². The molecular formula is CaEuO6S2. The van der Waals surface area contributed by atoms with Crippen LogP contribution in [-0.4, -0.2) is 64.4 Å². The second-order valence-electron chi connectivity index (χ2n) is 0.408. The van der Waals surface area contributed by atoms with Gasteiger partial charge in [0, 0.05) is 0 Å². The Bertz CT molecular complexity index is 73.7. The minimum absolute atomic E-state index is 0. The van der Waals surface area contributed by atoms with Gasteiger partial charge in [0.1, 0.15) is 0 Å². The van der Waals surface area contributed by atoms with E-state index in [1.54, 1.807) is 0 Å². The molecule has 0 atom stereocenters. The Kier molecular flexibility index (Phi) is 41.4. The summed E-state index contributed by atoms with van der Waals surface area (Å²) in [5.74, 6) is 0. The van der Waals surface area contributed by atoms with Crippen molar-refractivity contribution in [1.29, 1.82) is 0 Å². The van der Waals surface area contributed by atoms with Gasteiger partial charge in [-0.15, -0.1) is 22.7 Å². The van der Waals surface area contributed by atoms with E-state index < -0.39 is 22.7 Å². The molecule has 6 nitrogen and oxygen atoms in total. The van der Waals surface area contributed by atoms with E-state index in [2.05, 4.69) is 0 Å². The summed E-state index contributed by atoms with van der Waals surface area (Å²) >= 11 is -6.22. The monoisotopic (exact) mass is 353 g/mol. The summed E-state index contributed by atoms with van der Waals surface area (Å²) in [6.45, 7) is 0. The predicted octanol–water partition coefficient (Wildman–Crippen LogP) is -2.39. The minimum atomic E-state index is -3.11. The fourth-order valence-electron chi connectivity index (χ4n) is 0. The smallest absolute Gasteiger partial charge is 0.784 e. The standard InChI is InChI=1S/Ca.Eu.2H2O3S/c;;2*1-4(2)3/h;;2*(H2,1,2,3)/q2*+2;;/p-4. The first-order valence-corrected chi connectivity index (χ1v) is 3.00. The Morgan fingerprint density at radius 3 is 0.800 bits per heavy atom. The van der Waals surface area contributed by atoms with Gasteiger partial charge in [-0.2, -0.15) is 0 Å². The molecule has 0 saturated heterocycles. The van der Waals surface area contributed by atoms with E-state index in [9.17, 15) is 0 Å². The second kappa shape index (κ2) is 17.9. The van der Waals surface area contributed by atoms with Crippen molar-refractivity contribution in [3.05, 3.63) is 0 Å². The first kappa shape index (κ1) is 23.1. The third-order valence-electron chi connectivity index (χ3n) is 0. The van der Waals surface area contributed by atoms with Crippen LogP contribution in [0.3, 0.4) is 0 Å². The molecule has 0 aromatic carbocycles. The van der Waals surface area contributed by atoms with Crippen LogP contribution in [0, 0.1) is 49.4 Å². The van der Waals surface area contributed by atoms with Crippen molar-refractivity contribution >= 4 is 60.5 Å². The molecule has 0 aliphatic rings. The van der Waals surface area contributed by atoms with Gasteiger partial charge < -0.3 is 18.2 Å². The molecule has 10 heavy (non-hydrogen) atoms. The van der Waals surface area contributed by atoms with Crippen molar-refractivity contribution < 1.29 is 76.0 Å². The average molecular weight is 352 g/mol. The van der Waals surface area contributed by atoms with Crippen LogP contribution in [-0.2, 0) is 22.7 Å². The SMILES string of the molecule is O=S([O-])[O-].O=S([O-])[O-].[Ca+2].[Eu+2]. The summed E-state index contributed by atoms with van der Waals surface area (Å²) in [5.41, 5.74) is 0. The Morgan fingerprint density at radius 2 is 0.800 bits per heavy atom. The molecule has 0 bridgehead atoms. The zero-order chi connectivity index (χ0) is 7.15. The van der Waals surface area contributed by atoms with Crippen LogP contribution in [0.1, 0.15) is 0 Å². The van der Waals surface area contributed by atoms with E-state index in [4.69, 9.17) is 26.6 Å². The largest absolute Gasteiger partial charge is 2.00 e. The molecule has 1 radical (unpaired) electrons. The summed E-state index contributed by atoms with van der Waals surface area (Å²) in [7, 11) is 0. The molecule has 0 saturated carbocycles. The molecule has 0 spiro atoms. The van der Waals surface area contributed by atoms with Crippen LogP contribution in [0.25, 0.3) is 0 Å². The van der Waals surface area contributed by atoms with Gasteiger partial charge in [-0.25, -0.2) is 0 Å². The average Bonchev–Trinajstić information content (AvgIpc) is 1.25. The van der Waals surface area contributed by atoms with Gasteiger partial charge >= 0.3 is 87.1 Å². The summed E-state index contributed by atoms with van der Waals surface area (Å²) in [5, 5.41) is 0. The van der Waals surface area contributed by atoms with E-state index in [0.717, 1.165) is 0 Å². The Morgan fingerprint density at radius 1 is 0.800 bits per heavy atom. The van der Waals surface area contributed by atoms with Gasteiger partial charge in [-0.05, 0) is 0 Å². The summed E-state index contributed by atoms with van der Waals surface area (Å²) in [6.07, 6.45) is 0. The first-order chi connectivity index (χ1) is 3.46. The van der Waals surface area contributed by atoms with Crippen LogP contribution >= 0.6 is 0 Å². The van der Waals surface area contributed by atoms with Gasteiger partial charge in [-0.1, -0.05) is 0 Å². The maximum atomic E-state index is 8.44. The maximum Gasteiger partial charge on any atom is 2.00 e. The fraction of sp³-hybridized carbons (Fsp3) is 0. The zero-order valence-corrected chi connectivity index (χ0v) is 10.6. The van der Waals surface area contributed by atoms with Crippen LogP contribution in [0.4, 0.5) is 0 Å². The minimum Gasteiger partial charge on any atom is -0.784 e. The third kappa shape index (κ3) is 123. The fourth-order valence-corrected chi connectivity index (χ4v) is 0. The predicted molar refractivity (Wildman–Crippen MR) is 25.1 cm³/mol. The third-order valence-corrected chi connectivity index (χ3v) is 0. The molecule has 0 N–H and O–H groups in total. The van der Waals surface area contributed by atoms with Crippen LogP contribution in [0.5, 0.6) is 0 Å². The first-order valence-electron chi connectivity index (χ1n) is 1.00. The van der Waals surface area contributed by atoms with Crippen LogP contribution < -0.4 is 0 Å². The van der Waals surface area contributed by atoms with Gasteiger partial charge in [0.05, 0.1) is 0 Å². The quantitative estimate of drug-likeness (QED) is 0.354. The van der Waals surface area contributed by atoms with Crippen molar-refractivity contribution in [2.75, 3.05) is 0 Å². The molecular weight excluding hydrogens is 352 g/mol. The van der Waals surface area contributed by atoms with E-state index in [1.807, 2.05) is 0 Å². The zero-order valence-electron chi connectivity index (χ0n) is 4.35. The van der Waals surface area contributed by atoms with E-state index in [1.165, 1.54) is 0 Å². The topological polar surface area (TPSA) is 126 Å². The summed E-state index contributed by atoms with van der Waals surface area (Å²) in [4.78, 5) is 0. The molecule has 0 heterocycles. The molecule has 10 heteroatoms. The van der Waals surface area contributed by atoms with E-state index in [0.29, 0.717) is 0 Å². The Balaban J connectivity index is -0.0000000300. The molecule has 0 unspecified atom stereocenters. The molecule has 0 aromatic heterocycles. The van der Waals surface area contributed by atoms with Crippen molar-refractivity contribution in [3.8, 4) is 0 Å². The number of hydrogen-bond donors (Lipinski definition) is 0. The van der Waals surface area contributed by atoms with Crippen molar-refractivity contribution in [2.45, 2.75) is 0 Å². The number of hydrogen-bond acceptors (Lipinski definition) is 6. The molecule has 0 rings (SSSR count). The maximum absolute atomic E-state index is 8.44. The van der Waals surface area contributed by atoms with Gasteiger partial charge in [0.2, 0.25) is 0 Å². The summed E-state index contributed by atoms with van der Waals surface area (Å²) in [6, 6.07) is 0. The van der Waals surface area contributed by atoms with Crippen molar-refractivity contribution in [3.63, 3.8) is 0 Å². The van der Waals surface area contributed by atoms with Crippen LogP contribution in [0.2, 0.25) is 0 Å². The van der Waals surface area contributed by atoms with Crippen LogP contribution in [0.15, 0.2) is 0 Å². The van der Waals surface area contributed by atoms with Crippen molar-refractivity contribution in [2.24, 2.45) is 0 Å².